The van der Waals surface area contributed by atoms with Gasteiger partial charge in [-0.1, -0.05) is 0 Å². The van der Waals surface area contributed by atoms with Crippen molar-refractivity contribution >= 4 is 33.6 Å². The third-order valence-corrected chi connectivity index (χ3v) is 2.85. The number of carbonyl (C=O) groups excluding carboxylic acids is 1. The highest BCUT2D eigenvalue weighted by Gasteiger charge is 2.14. The lowest BCUT2D eigenvalue weighted by Gasteiger charge is -2.10. The molecule has 0 spiro atoms. The van der Waals surface area contributed by atoms with E-state index in [0.717, 1.165) is 12.1 Å². The van der Waals surface area contributed by atoms with Crippen LogP contribution in [0.3, 0.4) is 0 Å². The van der Waals surface area contributed by atoms with Crippen LogP contribution in [0.4, 0.5) is 19.3 Å². The van der Waals surface area contributed by atoms with Crippen molar-refractivity contribution in [2.45, 2.75) is 12.5 Å². The third-order valence-electron chi connectivity index (χ3n) is 2.25. The lowest BCUT2D eigenvalue weighted by atomic mass is 10.2. The Morgan fingerprint density at radius 2 is 1.95 bits per heavy atom. The molecule has 0 heterocycles. The van der Waals surface area contributed by atoms with Gasteiger partial charge in [0.1, 0.15) is 11.6 Å². The number of carboxylic acid groups (broad SMARTS) is 1. The summed E-state index contributed by atoms with van der Waals surface area (Å²) >= 11 is 2.79. The second-order valence-electron chi connectivity index (χ2n) is 3.77. The summed E-state index contributed by atoms with van der Waals surface area (Å²) in [7, 11) is 0. The molecule has 1 unspecified atom stereocenters. The molecule has 0 aromatic heterocycles. The maximum absolute atomic E-state index is 13.4. The van der Waals surface area contributed by atoms with Crippen LogP contribution in [-0.2, 0) is 4.79 Å². The number of aliphatic hydroxyl groups is 1. The molecular weight excluding hydrogens is 342 g/mol. The lowest BCUT2D eigenvalue weighted by Crippen LogP contribution is -2.33. The number of nitrogens with one attached hydrogen (secondary N) is 2. The van der Waals surface area contributed by atoms with Crippen molar-refractivity contribution in [1.29, 1.82) is 0 Å². The van der Waals surface area contributed by atoms with Crippen molar-refractivity contribution in [2.75, 3.05) is 11.9 Å². The summed E-state index contributed by atoms with van der Waals surface area (Å²) < 4.78 is 26.5. The van der Waals surface area contributed by atoms with Gasteiger partial charge in [0, 0.05) is 19.0 Å². The van der Waals surface area contributed by atoms with Crippen LogP contribution < -0.4 is 10.6 Å². The number of carbonyl (C=O) groups is 2. The number of halogens is 3. The van der Waals surface area contributed by atoms with Gasteiger partial charge in [0.05, 0.1) is 10.2 Å². The summed E-state index contributed by atoms with van der Waals surface area (Å²) in [5.74, 6) is -2.99. The smallest absolute Gasteiger partial charge is 0.332 e. The van der Waals surface area contributed by atoms with Crippen LogP contribution in [0, 0.1) is 11.6 Å². The third kappa shape index (κ3) is 4.74. The van der Waals surface area contributed by atoms with Crippen molar-refractivity contribution in [2.24, 2.45) is 0 Å². The average molecular weight is 353 g/mol. The van der Waals surface area contributed by atoms with Gasteiger partial charge in [0.15, 0.2) is 6.10 Å². The first-order chi connectivity index (χ1) is 9.31. The molecule has 110 valence electrons. The minimum absolute atomic E-state index is 0.0782. The van der Waals surface area contributed by atoms with Crippen molar-refractivity contribution in [3.8, 4) is 0 Å². The molecule has 9 heteroatoms. The van der Waals surface area contributed by atoms with Crippen LogP contribution in [0.2, 0.25) is 0 Å². The van der Waals surface area contributed by atoms with Gasteiger partial charge in [-0.05, 0) is 22.0 Å². The normalized spacial score (nSPS) is 11.8. The van der Waals surface area contributed by atoms with E-state index in [1.807, 2.05) is 0 Å². The second-order valence-corrected chi connectivity index (χ2v) is 4.62. The largest absolute Gasteiger partial charge is 0.479 e. The average Bonchev–Trinajstić information content (AvgIpc) is 2.35. The van der Waals surface area contributed by atoms with Gasteiger partial charge >= 0.3 is 12.0 Å². The first-order valence-corrected chi connectivity index (χ1v) is 6.21. The minimum Gasteiger partial charge on any atom is -0.479 e. The van der Waals surface area contributed by atoms with Gasteiger partial charge in [-0.2, -0.15) is 0 Å². The summed E-state index contributed by atoms with van der Waals surface area (Å²) in [5.41, 5.74) is -0.359. The monoisotopic (exact) mass is 352 g/mol. The molecule has 6 nitrogen and oxygen atoms in total. The predicted octanol–water partition coefficient (Wildman–Crippen LogP) is 1.68. The van der Waals surface area contributed by atoms with E-state index in [-0.39, 0.29) is 23.1 Å². The Balaban J connectivity index is 2.51. The quantitative estimate of drug-likeness (QED) is 0.606. The Morgan fingerprint density at radius 1 is 1.30 bits per heavy atom. The van der Waals surface area contributed by atoms with E-state index in [2.05, 4.69) is 26.6 Å². The van der Waals surface area contributed by atoms with Crippen molar-refractivity contribution < 1.29 is 28.6 Å². The second kappa shape index (κ2) is 7.15. The number of amides is 2. The topological polar surface area (TPSA) is 98.7 Å². The lowest BCUT2D eigenvalue weighted by molar-refractivity contribution is -0.146. The Morgan fingerprint density at radius 3 is 2.55 bits per heavy atom. The summed E-state index contributed by atoms with van der Waals surface area (Å²) in [6.07, 6.45) is -1.81. The number of hydrogen-bond acceptors (Lipinski definition) is 3. The number of aliphatic carboxylic acids is 1. The van der Waals surface area contributed by atoms with Crippen LogP contribution in [0.5, 0.6) is 0 Å². The van der Waals surface area contributed by atoms with Crippen LogP contribution in [0.15, 0.2) is 16.6 Å². The zero-order chi connectivity index (χ0) is 15.3. The van der Waals surface area contributed by atoms with Gasteiger partial charge in [-0.25, -0.2) is 18.4 Å². The van der Waals surface area contributed by atoms with Gasteiger partial charge < -0.3 is 20.8 Å². The molecule has 20 heavy (non-hydrogen) atoms. The number of benzene rings is 1. The summed E-state index contributed by atoms with van der Waals surface area (Å²) in [6, 6.07) is 0.813. The molecule has 0 aliphatic rings. The van der Waals surface area contributed by atoms with Gasteiger partial charge in [-0.15, -0.1) is 0 Å². The molecule has 1 rings (SSSR count). The molecule has 0 aliphatic heterocycles. The van der Waals surface area contributed by atoms with Crippen molar-refractivity contribution in [1.82, 2.24) is 5.32 Å². The maximum Gasteiger partial charge on any atom is 0.332 e. The number of hydrogen-bond donors (Lipinski definition) is 4. The van der Waals surface area contributed by atoms with Crippen molar-refractivity contribution in [3.05, 3.63) is 28.2 Å². The minimum atomic E-state index is -1.60. The summed E-state index contributed by atoms with van der Waals surface area (Å²) in [6.45, 7) is -0.139. The Labute approximate surface area is 120 Å². The number of carboxylic acids is 1. The Bertz CT molecular complexity index is 527. The highest BCUT2D eigenvalue weighted by molar-refractivity contribution is 9.10. The predicted molar refractivity (Wildman–Crippen MR) is 69.3 cm³/mol. The van der Waals surface area contributed by atoms with E-state index >= 15 is 0 Å². The standard InChI is InChI=1S/C11H11BrF2N2O4/c12-5-3-7(14)8(4-6(5)13)16-11(20)15-2-1-9(17)10(18)19/h3-4,9,17H,1-2H2,(H,18,19)(H2,15,16,20). The molecular formula is C11H11BrF2N2O4. The first-order valence-electron chi connectivity index (χ1n) is 5.41. The molecule has 4 N–H and O–H groups in total. The zero-order valence-corrected chi connectivity index (χ0v) is 11.6. The fourth-order valence-electron chi connectivity index (χ4n) is 1.23. The molecule has 0 bridgehead atoms. The Hall–Kier alpha value is -1.74. The molecule has 1 aromatic carbocycles. The molecule has 0 fully saturated rings. The van der Waals surface area contributed by atoms with E-state index in [1.165, 1.54) is 0 Å². The zero-order valence-electron chi connectivity index (χ0n) is 9.99. The van der Waals surface area contributed by atoms with E-state index in [0.29, 0.717) is 0 Å². The van der Waals surface area contributed by atoms with E-state index < -0.39 is 29.7 Å². The van der Waals surface area contributed by atoms with Gasteiger partial charge in [-0.3, -0.25) is 0 Å². The van der Waals surface area contributed by atoms with E-state index in [4.69, 9.17) is 10.2 Å². The Kier molecular flexibility index (Phi) is 5.83. The SMILES string of the molecule is O=C(NCCC(O)C(=O)O)Nc1cc(F)c(Br)cc1F. The molecule has 0 saturated heterocycles. The van der Waals surface area contributed by atoms with Gasteiger partial charge in [0.2, 0.25) is 0 Å². The summed E-state index contributed by atoms with van der Waals surface area (Å²) in [4.78, 5) is 21.7. The highest BCUT2D eigenvalue weighted by Crippen LogP contribution is 2.23. The number of aliphatic hydroxyl groups excluding tert-OH is 1. The highest BCUT2D eigenvalue weighted by atomic mass is 79.9. The molecule has 1 aromatic rings. The molecule has 2 amide bonds. The molecule has 0 aliphatic carbocycles. The van der Waals surface area contributed by atoms with E-state index in [1.54, 1.807) is 0 Å². The number of rotatable bonds is 5. The van der Waals surface area contributed by atoms with Crippen LogP contribution in [0.25, 0.3) is 0 Å². The summed E-state index contributed by atoms with van der Waals surface area (Å²) in [5, 5.41) is 21.6. The maximum atomic E-state index is 13.4. The molecule has 1 atom stereocenters. The van der Waals surface area contributed by atoms with E-state index in [9.17, 15) is 18.4 Å². The first kappa shape index (κ1) is 16.3. The van der Waals surface area contributed by atoms with Crippen LogP contribution >= 0.6 is 15.9 Å². The van der Waals surface area contributed by atoms with Crippen LogP contribution in [0.1, 0.15) is 6.42 Å². The van der Waals surface area contributed by atoms with Crippen LogP contribution in [-0.4, -0.2) is 34.9 Å². The number of urea groups is 1. The molecule has 0 saturated carbocycles. The fourth-order valence-corrected chi connectivity index (χ4v) is 1.55. The fraction of sp³-hybridized carbons (Fsp3) is 0.273. The molecule has 0 radical (unpaired) electrons. The number of anilines is 1. The van der Waals surface area contributed by atoms with Crippen molar-refractivity contribution in [3.63, 3.8) is 0 Å². The van der Waals surface area contributed by atoms with Gasteiger partial charge in [0.25, 0.3) is 0 Å².